The highest BCUT2D eigenvalue weighted by Gasteiger charge is 2.55. The summed E-state index contributed by atoms with van der Waals surface area (Å²) in [6.45, 7) is 0.760. The molecular formula is C19H25N7O8. The molecule has 0 aliphatic carbocycles. The normalized spacial score (nSPS) is 29.8. The van der Waals surface area contributed by atoms with Gasteiger partial charge in [-0.2, -0.15) is 0 Å². The Bertz CT molecular complexity index is 1060. The van der Waals surface area contributed by atoms with Gasteiger partial charge in [0.05, 0.1) is 17.6 Å². The van der Waals surface area contributed by atoms with Crippen LogP contribution in [0.15, 0.2) is 30.6 Å². The van der Waals surface area contributed by atoms with E-state index in [1.807, 2.05) is 0 Å². The molecule has 0 saturated carbocycles. The lowest BCUT2D eigenvalue weighted by Crippen LogP contribution is -2.54. The number of imidazole rings is 1. The van der Waals surface area contributed by atoms with Crippen LogP contribution in [-0.2, 0) is 10.6 Å². The van der Waals surface area contributed by atoms with E-state index in [1.54, 1.807) is 17.1 Å². The molecule has 2 fully saturated rings. The number of hydrogen-bond acceptors (Lipinski definition) is 12. The van der Waals surface area contributed by atoms with Crippen molar-refractivity contribution >= 4 is 17.4 Å². The topological polar surface area (TPSA) is 221 Å². The summed E-state index contributed by atoms with van der Waals surface area (Å²) in [6.07, 6.45) is -3.76. The maximum atomic E-state index is 13.0. The number of nitrogens with zero attached hydrogens (tertiary/aromatic N) is 4. The highest BCUT2D eigenvalue weighted by atomic mass is 16.7. The van der Waals surface area contributed by atoms with Crippen molar-refractivity contribution in [2.75, 3.05) is 32.0 Å². The van der Waals surface area contributed by atoms with Gasteiger partial charge >= 0.3 is 0 Å². The van der Waals surface area contributed by atoms with E-state index in [0.29, 0.717) is 19.6 Å². The Hall–Kier alpha value is -3.18. The fourth-order valence-corrected chi connectivity index (χ4v) is 4.06. The Labute approximate surface area is 192 Å². The van der Waals surface area contributed by atoms with Crippen LogP contribution in [0.4, 0.5) is 11.5 Å². The first kappa shape index (κ1) is 24.0. The molecule has 2 aliphatic heterocycles. The summed E-state index contributed by atoms with van der Waals surface area (Å²) in [6, 6.07) is 5.63. The third kappa shape index (κ3) is 4.09. The minimum absolute atomic E-state index is 0.0516. The standard InChI is InChI=1S/C19H25N7O8/c20-17-14(22-9-24(17)19(31)16(29)15(28)13(8-27)34-19)18(30)23-25-6-5-21-7-12(25)10-1-3-11(4-2-10)26(32)33/h1-4,9,12-13,15-16,21,27-29,31H,5-8,20H2,(H,23,30)/t12?,13-,15-,16-,19-/m1/s1. The number of benzene rings is 1. The molecule has 15 heteroatoms. The van der Waals surface area contributed by atoms with Crippen molar-refractivity contribution in [1.82, 2.24) is 25.3 Å². The number of ether oxygens (including phenoxy) is 1. The number of nitro benzene ring substituents is 1. The molecule has 3 heterocycles. The minimum Gasteiger partial charge on any atom is -0.394 e. The predicted molar refractivity (Wildman–Crippen MR) is 114 cm³/mol. The van der Waals surface area contributed by atoms with E-state index in [-0.39, 0.29) is 23.2 Å². The maximum absolute atomic E-state index is 13.0. The fraction of sp³-hybridized carbons (Fsp3) is 0.474. The first-order valence-corrected chi connectivity index (χ1v) is 10.4. The Morgan fingerprint density at radius 1 is 1.38 bits per heavy atom. The van der Waals surface area contributed by atoms with Crippen molar-refractivity contribution in [3.8, 4) is 0 Å². The number of aliphatic hydroxyl groups excluding tert-OH is 3. The van der Waals surface area contributed by atoms with Gasteiger partial charge in [0, 0.05) is 31.8 Å². The van der Waals surface area contributed by atoms with E-state index in [0.717, 1.165) is 16.5 Å². The number of rotatable bonds is 6. The van der Waals surface area contributed by atoms with E-state index in [1.165, 1.54) is 12.1 Å². The van der Waals surface area contributed by atoms with Gasteiger partial charge in [-0.15, -0.1) is 0 Å². The van der Waals surface area contributed by atoms with Crippen molar-refractivity contribution in [1.29, 1.82) is 0 Å². The van der Waals surface area contributed by atoms with Gasteiger partial charge in [-0.1, -0.05) is 12.1 Å². The summed E-state index contributed by atoms with van der Waals surface area (Å²) in [5.41, 5.74) is 9.13. The molecule has 0 spiro atoms. The maximum Gasteiger partial charge on any atom is 0.288 e. The van der Waals surface area contributed by atoms with Crippen LogP contribution in [0.2, 0.25) is 0 Å². The van der Waals surface area contributed by atoms with Crippen molar-refractivity contribution in [2.24, 2.45) is 0 Å². The summed E-state index contributed by atoms with van der Waals surface area (Å²) >= 11 is 0. The average molecular weight is 479 g/mol. The lowest BCUT2D eigenvalue weighted by Gasteiger charge is -2.36. The van der Waals surface area contributed by atoms with Crippen molar-refractivity contribution in [3.05, 3.63) is 52.0 Å². The van der Waals surface area contributed by atoms with Gasteiger partial charge in [0.2, 0.25) is 0 Å². The largest absolute Gasteiger partial charge is 0.394 e. The number of aromatic nitrogens is 2. The third-order valence-electron chi connectivity index (χ3n) is 5.94. The van der Waals surface area contributed by atoms with Gasteiger partial charge in [0.1, 0.15) is 24.4 Å². The Morgan fingerprint density at radius 3 is 2.71 bits per heavy atom. The molecule has 1 aromatic carbocycles. The van der Waals surface area contributed by atoms with Crippen LogP contribution in [0.5, 0.6) is 0 Å². The number of carbonyl (C=O) groups excluding carboxylic acids is 1. The fourth-order valence-electron chi connectivity index (χ4n) is 4.06. The molecule has 1 amide bonds. The summed E-state index contributed by atoms with van der Waals surface area (Å²) in [5, 5.41) is 56.0. The molecular weight excluding hydrogens is 454 g/mol. The van der Waals surface area contributed by atoms with Gasteiger partial charge in [-0.3, -0.25) is 24.9 Å². The smallest absolute Gasteiger partial charge is 0.288 e. The number of amides is 1. The third-order valence-corrected chi connectivity index (χ3v) is 5.94. The number of aliphatic hydroxyl groups is 4. The van der Waals surface area contributed by atoms with Crippen molar-refractivity contribution < 1.29 is 34.9 Å². The van der Waals surface area contributed by atoms with Crippen LogP contribution in [0, 0.1) is 10.1 Å². The summed E-state index contributed by atoms with van der Waals surface area (Å²) in [5.74, 6) is -3.59. The summed E-state index contributed by atoms with van der Waals surface area (Å²) < 4.78 is 5.99. The second-order valence-corrected chi connectivity index (χ2v) is 7.98. The number of anilines is 1. The minimum atomic E-state index is -2.54. The Morgan fingerprint density at radius 2 is 2.09 bits per heavy atom. The number of piperazine rings is 1. The molecule has 2 saturated heterocycles. The van der Waals surface area contributed by atoms with Gasteiger partial charge in [-0.05, 0) is 5.56 Å². The van der Waals surface area contributed by atoms with Crippen LogP contribution >= 0.6 is 0 Å². The first-order valence-electron chi connectivity index (χ1n) is 10.4. The molecule has 1 unspecified atom stereocenters. The van der Waals surface area contributed by atoms with Crippen LogP contribution in [0.1, 0.15) is 22.1 Å². The highest BCUT2D eigenvalue weighted by Crippen LogP contribution is 2.35. The Kier molecular flexibility index (Phi) is 6.50. The van der Waals surface area contributed by atoms with Crippen LogP contribution in [-0.4, -0.2) is 90.4 Å². The second kappa shape index (κ2) is 9.22. The molecule has 15 nitrogen and oxygen atoms in total. The zero-order chi connectivity index (χ0) is 24.6. The van der Waals surface area contributed by atoms with Gasteiger partial charge < -0.3 is 36.2 Å². The van der Waals surface area contributed by atoms with Gasteiger partial charge in [0.15, 0.2) is 11.8 Å². The SMILES string of the molecule is Nc1c(C(=O)NN2CCNCC2c2ccc([N+](=O)[O-])cc2)ncn1[C@]1(O)O[C@H](CO)[C@@H](O)[C@H]1O. The van der Waals surface area contributed by atoms with E-state index < -0.39 is 41.7 Å². The Balaban J connectivity index is 1.53. The number of nitrogens with one attached hydrogen (secondary N) is 2. The summed E-state index contributed by atoms with van der Waals surface area (Å²) in [7, 11) is 0. The zero-order valence-corrected chi connectivity index (χ0v) is 17.8. The molecule has 8 N–H and O–H groups in total. The number of hydrazine groups is 1. The second-order valence-electron chi connectivity index (χ2n) is 7.98. The molecule has 2 aliphatic rings. The summed E-state index contributed by atoms with van der Waals surface area (Å²) in [4.78, 5) is 27.3. The molecule has 5 atom stereocenters. The van der Waals surface area contributed by atoms with Gasteiger partial charge in [-0.25, -0.2) is 9.99 Å². The van der Waals surface area contributed by atoms with Crippen molar-refractivity contribution in [2.45, 2.75) is 30.3 Å². The molecule has 184 valence electrons. The predicted octanol–water partition coefficient (Wildman–Crippen LogP) is -2.62. The first-order chi connectivity index (χ1) is 16.2. The molecule has 4 rings (SSSR count). The van der Waals surface area contributed by atoms with E-state index >= 15 is 0 Å². The molecule has 0 bridgehead atoms. The molecule has 34 heavy (non-hydrogen) atoms. The monoisotopic (exact) mass is 479 g/mol. The zero-order valence-electron chi connectivity index (χ0n) is 17.8. The number of hydrogen-bond donors (Lipinski definition) is 7. The number of non-ortho nitro benzene ring substituents is 1. The van der Waals surface area contributed by atoms with E-state index in [2.05, 4.69) is 15.7 Å². The number of nitrogen functional groups attached to an aromatic ring is 1. The van der Waals surface area contributed by atoms with E-state index in [4.69, 9.17) is 10.5 Å². The average Bonchev–Trinajstić information content (AvgIpc) is 3.33. The van der Waals surface area contributed by atoms with Crippen LogP contribution in [0.25, 0.3) is 0 Å². The molecule has 0 radical (unpaired) electrons. The quantitative estimate of drug-likeness (QED) is 0.167. The number of carbonyl (C=O) groups is 1. The van der Waals surface area contributed by atoms with Gasteiger partial charge in [0.25, 0.3) is 17.5 Å². The lowest BCUT2D eigenvalue weighted by molar-refractivity contribution is -0.384. The molecule has 2 aromatic rings. The number of nitrogens with two attached hydrogens (primary N) is 1. The lowest BCUT2D eigenvalue weighted by atomic mass is 10.0. The van der Waals surface area contributed by atoms with Crippen molar-refractivity contribution in [3.63, 3.8) is 0 Å². The number of nitro groups is 1. The van der Waals surface area contributed by atoms with Crippen LogP contribution in [0.3, 0.4) is 0 Å². The highest BCUT2D eigenvalue weighted by molar-refractivity contribution is 5.96. The van der Waals surface area contributed by atoms with E-state index in [9.17, 15) is 35.3 Å². The molecule has 1 aromatic heterocycles. The van der Waals surface area contributed by atoms with Crippen LogP contribution < -0.4 is 16.5 Å².